The maximum atomic E-state index is 12.3. The van der Waals surface area contributed by atoms with Crippen LogP contribution in [0, 0.1) is 0 Å². The predicted octanol–water partition coefficient (Wildman–Crippen LogP) is 2.86. The molecule has 4 rings (SSSR count). The summed E-state index contributed by atoms with van der Waals surface area (Å²) < 4.78 is 1.80. The van der Waals surface area contributed by atoms with Crippen molar-refractivity contribution in [3.05, 3.63) is 78.1 Å². The Labute approximate surface area is 161 Å². The van der Waals surface area contributed by atoms with Crippen LogP contribution in [0.5, 0.6) is 5.75 Å². The second-order valence-corrected chi connectivity index (χ2v) is 6.42. The molecule has 1 amide bonds. The summed E-state index contributed by atoms with van der Waals surface area (Å²) in [6, 6.07) is 16.2. The summed E-state index contributed by atoms with van der Waals surface area (Å²) in [4.78, 5) is 16.5. The molecule has 0 radical (unpaired) electrons. The van der Waals surface area contributed by atoms with E-state index in [1.54, 1.807) is 34.9 Å². The van der Waals surface area contributed by atoms with Gasteiger partial charge < -0.3 is 10.4 Å². The molecular formula is C21H19N5O2. The number of amides is 1. The molecule has 2 heterocycles. The standard InChI is InChI=1S/C21H19N5O2/c27-18-10-4-15(5-11-18)3-1-12-22-20(28)17-8-6-16(7-9-17)19-24-25-21-23-13-2-14-26(19)21/h2,4-11,13-14,27H,1,3,12H2,(H,22,28). The molecule has 0 unspecified atom stereocenters. The zero-order valence-corrected chi connectivity index (χ0v) is 15.1. The number of aromatic nitrogens is 4. The lowest BCUT2D eigenvalue weighted by molar-refractivity contribution is 0.0953. The highest BCUT2D eigenvalue weighted by atomic mass is 16.3. The maximum absolute atomic E-state index is 12.3. The van der Waals surface area contributed by atoms with Crippen LogP contribution in [0.3, 0.4) is 0 Å². The minimum atomic E-state index is -0.106. The van der Waals surface area contributed by atoms with E-state index in [0.717, 1.165) is 24.0 Å². The summed E-state index contributed by atoms with van der Waals surface area (Å²) in [6.45, 7) is 0.585. The first kappa shape index (κ1) is 17.7. The van der Waals surface area contributed by atoms with Crippen LogP contribution >= 0.6 is 0 Å². The molecular weight excluding hydrogens is 354 g/mol. The molecule has 0 atom stereocenters. The van der Waals surface area contributed by atoms with Crippen LogP contribution in [0.4, 0.5) is 0 Å². The quantitative estimate of drug-likeness (QED) is 0.507. The highest BCUT2D eigenvalue weighted by Crippen LogP contribution is 2.18. The number of nitrogens with zero attached hydrogens (tertiary/aromatic N) is 4. The van der Waals surface area contributed by atoms with Crippen molar-refractivity contribution in [3.63, 3.8) is 0 Å². The van der Waals surface area contributed by atoms with Crippen LogP contribution in [0.25, 0.3) is 17.2 Å². The van der Waals surface area contributed by atoms with E-state index in [2.05, 4.69) is 20.5 Å². The average Bonchev–Trinajstić information content (AvgIpc) is 3.17. The van der Waals surface area contributed by atoms with Gasteiger partial charge in [-0.1, -0.05) is 24.3 Å². The van der Waals surface area contributed by atoms with Crippen molar-refractivity contribution in [1.82, 2.24) is 24.9 Å². The number of rotatable bonds is 6. The monoisotopic (exact) mass is 373 g/mol. The van der Waals surface area contributed by atoms with Gasteiger partial charge in [-0.2, -0.15) is 0 Å². The summed E-state index contributed by atoms with van der Waals surface area (Å²) in [6.07, 6.45) is 5.19. The van der Waals surface area contributed by atoms with Crippen LogP contribution in [0.15, 0.2) is 67.0 Å². The molecule has 2 N–H and O–H groups in total. The van der Waals surface area contributed by atoms with Gasteiger partial charge in [0.2, 0.25) is 0 Å². The van der Waals surface area contributed by atoms with E-state index >= 15 is 0 Å². The third kappa shape index (κ3) is 3.83. The number of fused-ring (bicyclic) bond motifs is 1. The molecule has 0 fully saturated rings. The highest BCUT2D eigenvalue weighted by Gasteiger charge is 2.10. The number of benzene rings is 2. The molecule has 140 valence electrons. The Morgan fingerprint density at radius 2 is 1.82 bits per heavy atom. The fourth-order valence-electron chi connectivity index (χ4n) is 2.97. The number of hydrogen-bond acceptors (Lipinski definition) is 5. The zero-order chi connectivity index (χ0) is 19.3. The SMILES string of the molecule is O=C(NCCCc1ccc(O)cc1)c1ccc(-c2nnc3ncccn23)cc1. The number of phenolic OH excluding ortho intramolecular Hbond substituents is 1. The molecule has 28 heavy (non-hydrogen) atoms. The molecule has 0 saturated carbocycles. The number of hydrogen-bond donors (Lipinski definition) is 2. The van der Waals surface area contributed by atoms with Gasteiger partial charge in [0.1, 0.15) is 5.75 Å². The lowest BCUT2D eigenvalue weighted by atomic mass is 10.1. The van der Waals surface area contributed by atoms with Crippen molar-refractivity contribution in [2.24, 2.45) is 0 Å². The second kappa shape index (κ2) is 7.87. The van der Waals surface area contributed by atoms with Gasteiger partial charge in [-0.05, 0) is 48.7 Å². The Morgan fingerprint density at radius 3 is 2.61 bits per heavy atom. The summed E-state index contributed by atoms with van der Waals surface area (Å²) in [7, 11) is 0. The van der Waals surface area contributed by atoms with E-state index in [9.17, 15) is 9.90 Å². The number of phenols is 1. The van der Waals surface area contributed by atoms with Crippen LogP contribution in [0.2, 0.25) is 0 Å². The molecule has 0 aliphatic rings. The van der Waals surface area contributed by atoms with Crippen molar-refractivity contribution in [2.45, 2.75) is 12.8 Å². The fraction of sp³-hybridized carbons (Fsp3) is 0.143. The van der Waals surface area contributed by atoms with E-state index in [-0.39, 0.29) is 11.7 Å². The summed E-state index contributed by atoms with van der Waals surface area (Å²) in [5.41, 5.74) is 2.59. The Hall–Kier alpha value is -3.74. The Kier molecular flexibility index (Phi) is 4.97. The number of carbonyl (C=O) groups is 1. The number of carbonyl (C=O) groups excluding carboxylic acids is 1. The molecule has 0 aliphatic carbocycles. The summed E-state index contributed by atoms with van der Waals surface area (Å²) in [5.74, 6) is 1.37. The van der Waals surface area contributed by atoms with E-state index < -0.39 is 0 Å². The van der Waals surface area contributed by atoms with Gasteiger partial charge in [-0.25, -0.2) is 4.98 Å². The molecule has 4 aromatic rings. The lowest BCUT2D eigenvalue weighted by Crippen LogP contribution is -2.24. The Balaban J connectivity index is 1.34. The molecule has 0 aliphatic heterocycles. The van der Waals surface area contributed by atoms with Gasteiger partial charge in [-0.15, -0.1) is 10.2 Å². The van der Waals surface area contributed by atoms with E-state index in [1.807, 2.05) is 36.5 Å². The average molecular weight is 373 g/mol. The van der Waals surface area contributed by atoms with Crippen LogP contribution in [-0.4, -0.2) is 37.1 Å². The first-order valence-electron chi connectivity index (χ1n) is 9.03. The van der Waals surface area contributed by atoms with Gasteiger partial charge in [0.25, 0.3) is 11.7 Å². The second-order valence-electron chi connectivity index (χ2n) is 6.42. The maximum Gasteiger partial charge on any atom is 0.255 e. The van der Waals surface area contributed by atoms with Crippen molar-refractivity contribution in [3.8, 4) is 17.1 Å². The Morgan fingerprint density at radius 1 is 1.04 bits per heavy atom. The van der Waals surface area contributed by atoms with E-state index in [4.69, 9.17) is 0 Å². The van der Waals surface area contributed by atoms with Crippen LogP contribution in [-0.2, 0) is 6.42 Å². The molecule has 0 bridgehead atoms. The van der Waals surface area contributed by atoms with Crippen molar-refractivity contribution in [2.75, 3.05) is 6.54 Å². The van der Waals surface area contributed by atoms with Crippen molar-refractivity contribution in [1.29, 1.82) is 0 Å². The highest BCUT2D eigenvalue weighted by molar-refractivity contribution is 5.94. The van der Waals surface area contributed by atoms with Crippen molar-refractivity contribution >= 4 is 11.7 Å². The molecule has 0 spiro atoms. The topological polar surface area (TPSA) is 92.4 Å². The third-order valence-corrected chi connectivity index (χ3v) is 4.46. The third-order valence-electron chi connectivity index (χ3n) is 4.46. The Bertz CT molecular complexity index is 1090. The summed E-state index contributed by atoms with van der Waals surface area (Å²) >= 11 is 0. The molecule has 7 nitrogen and oxygen atoms in total. The predicted molar refractivity (Wildman–Crippen MR) is 105 cm³/mol. The van der Waals surface area contributed by atoms with E-state index in [1.165, 1.54) is 0 Å². The van der Waals surface area contributed by atoms with Gasteiger partial charge in [0.15, 0.2) is 5.82 Å². The largest absolute Gasteiger partial charge is 0.508 e. The molecule has 2 aromatic carbocycles. The van der Waals surface area contributed by atoms with Crippen LogP contribution < -0.4 is 5.32 Å². The van der Waals surface area contributed by atoms with E-state index in [0.29, 0.717) is 23.7 Å². The fourth-order valence-corrected chi connectivity index (χ4v) is 2.97. The van der Waals surface area contributed by atoms with Gasteiger partial charge in [-0.3, -0.25) is 9.20 Å². The van der Waals surface area contributed by atoms with Crippen LogP contribution in [0.1, 0.15) is 22.3 Å². The van der Waals surface area contributed by atoms with Gasteiger partial charge in [0, 0.05) is 30.1 Å². The molecule has 2 aromatic heterocycles. The number of aromatic hydroxyl groups is 1. The van der Waals surface area contributed by atoms with Gasteiger partial charge in [0.05, 0.1) is 0 Å². The summed E-state index contributed by atoms with van der Waals surface area (Å²) in [5, 5.41) is 20.4. The minimum Gasteiger partial charge on any atom is -0.508 e. The molecule has 0 saturated heterocycles. The lowest BCUT2D eigenvalue weighted by Gasteiger charge is -2.06. The minimum absolute atomic E-state index is 0.106. The first-order chi connectivity index (χ1) is 13.7. The number of nitrogens with one attached hydrogen (secondary N) is 1. The van der Waals surface area contributed by atoms with Gasteiger partial charge >= 0.3 is 0 Å². The first-order valence-corrected chi connectivity index (χ1v) is 9.03. The smallest absolute Gasteiger partial charge is 0.255 e. The van der Waals surface area contributed by atoms with Crippen molar-refractivity contribution < 1.29 is 9.90 Å². The number of aryl methyl sites for hydroxylation is 1. The zero-order valence-electron chi connectivity index (χ0n) is 15.1. The normalized spacial score (nSPS) is 10.9. The molecule has 7 heteroatoms.